The molecular weight excluding hydrogens is 352 g/mol. The number of carbonyl (C=O) groups excluding carboxylic acids is 1. The van der Waals surface area contributed by atoms with Crippen LogP contribution in [-0.4, -0.2) is 51.5 Å². The molecular formula is C18H26N4O3S. The van der Waals surface area contributed by atoms with E-state index in [1.54, 1.807) is 0 Å². The van der Waals surface area contributed by atoms with E-state index in [-0.39, 0.29) is 14.8 Å². The van der Waals surface area contributed by atoms with Gasteiger partial charge in [-0.05, 0) is 52.4 Å². The Morgan fingerprint density at radius 3 is 3.04 bits per heavy atom. The molecule has 1 fully saturated rings. The first kappa shape index (κ1) is 6.60. The Kier molecular flexibility index (Phi) is 2.07. The van der Waals surface area contributed by atoms with Crippen molar-refractivity contribution in [3.8, 4) is 5.75 Å². The fourth-order valence-electron chi connectivity index (χ4n) is 2.23. The molecule has 0 spiro atoms. The van der Waals surface area contributed by atoms with Crippen molar-refractivity contribution >= 4 is 27.6 Å². The smallest absolute Gasteiger partial charge is 0.268 e. The molecule has 7 nitrogen and oxygen atoms in total. The number of likely N-dealkylation sites (tertiary alicyclic amines) is 1. The second-order valence-electron chi connectivity index (χ2n) is 5.01. The summed E-state index contributed by atoms with van der Waals surface area (Å²) in [5.74, 6) is -2.81. The number of aromatic nitrogens is 2. The molecule has 3 heterocycles. The van der Waals surface area contributed by atoms with Gasteiger partial charge in [-0.1, -0.05) is 6.37 Å². The van der Waals surface area contributed by atoms with E-state index < -0.39 is 104 Å². The third-order valence-corrected chi connectivity index (χ3v) is 4.18. The van der Waals surface area contributed by atoms with Crippen LogP contribution < -0.4 is 10.9 Å². The van der Waals surface area contributed by atoms with Crippen LogP contribution in [0.5, 0.6) is 5.75 Å². The minimum absolute atomic E-state index is 0.00700. The third kappa shape index (κ3) is 3.76. The number of aromatic hydroxyl groups is 1. The number of hydrogen-bond acceptors (Lipinski definition) is 6. The van der Waals surface area contributed by atoms with Gasteiger partial charge >= 0.3 is 0 Å². The molecule has 0 aliphatic carbocycles. The summed E-state index contributed by atoms with van der Waals surface area (Å²) in [5, 5.41) is 10.7. The van der Waals surface area contributed by atoms with E-state index in [0.29, 0.717) is 11.3 Å². The van der Waals surface area contributed by atoms with E-state index in [9.17, 15) is 14.7 Å². The van der Waals surface area contributed by atoms with Crippen LogP contribution in [0.2, 0.25) is 1.41 Å². The van der Waals surface area contributed by atoms with Crippen molar-refractivity contribution in [3.05, 3.63) is 21.4 Å². The lowest BCUT2D eigenvalue weighted by Gasteiger charge is -2.26. The minimum atomic E-state index is -3.70. The molecule has 0 atom stereocenters. The third-order valence-electron chi connectivity index (χ3n) is 3.37. The number of amides is 1. The van der Waals surface area contributed by atoms with Crippen molar-refractivity contribution in [1.29, 1.82) is 0 Å². The first-order chi connectivity index (χ1) is 19.5. The molecule has 0 bridgehead atoms. The molecule has 0 saturated carbocycles. The summed E-state index contributed by atoms with van der Waals surface area (Å²) in [4.78, 5) is 29.9. The van der Waals surface area contributed by atoms with Gasteiger partial charge in [0.25, 0.3) is 11.5 Å². The number of fused-ring (bicyclic) bond motifs is 1. The van der Waals surface area contributed by atoms with Gasteiger partial charge in [-0.25, -0.2) is 4.98 Å². The molecule has 0 aromatic carbocycles. The molecule has 2 aromatic rings. The molecule has 3 rings (SSSR count). The number of piperidine rings is 1. The van der Waals surface area contributed by atoms with E-state index >= 15 is 0 Å². The molecule has 2 N–H and O–H groups in total. The molecule has 1 amide bonds. The van der Waals surface area contributed by atoms with E-state index in [1.807, 2.05) is 0 Å². The average Bonchev–Trinajstić information content (AvgIpc) is 3.33. The highest BCUT2D eigenvalue weighted by atomic mass is 32.1. The zero-order valence-electron chi connectivity index (χ0n) is 31.2. The SMILES string of the molecule is [2H]N(CCCN1C([2H])([2H])C([2H])([2H])C([2H])([2H])C([2H])([2H])C1([2H])[2H])C(=O)c1c(O)c2ncsc2n(C([2H])(C([2H])([2H])[2H])C([2H])([2H])[2H])c1=O. The Labute approximate surface area is 182 Å². The molecule has 1 aliphatic rings. The van der Waals surface area contributed by atoms with Gasteiger partial charge in [-0.3, -0.25) is 14.2 Å². The predicted octanol–water partition coefficient (Wildman–Crippen LogP) is 2.35. The summed E-state index contributed by atoms with van der Waals surface area (Å²) >= 11 is 0.494. The second kappa shape index (κ2) is 8.18. The van der Waals surface area contributed by atoms with Crippen molar-refractivity contribution in [1.82, 2.24) is 19.8 Å². The average molecular weight is 397 g/mol. The summed E-state index contributed by atoms with van der Waals surface area (Å²) in [7, 11) is 0. The van der Waals surface area contributed by atoms with Gasteiger partial charge in [0.05, 0.1) is 6.88 Å². The normalized spacial score (nSPS) is 36.9. The van der Waals surface area contributed by atoms with Gasteiger partial charge in [-0.2, -0.15) is 0 Å². The topological polar surface area (TPSA) is 87.5 Å². The summed E-state index contributed by atoms with van der Waals surface area (Å²) < 4.78 is 143. The lowest BCUT2D eigenvalue weighted by Crippen LogP contribution is -2.36. The highest BCUT2D eigenvalue weighted by Gasteiger charge is 2.24. The van der Waals surface area contributed by atoms with Crippen LogP contribution in [0.15, 0.2) is 10.3 Å². The summed E-state index contributed by atoms with van der Waals surface area (Å²) in [6.45, 7) is -16.0. The van der Waals surface area contributed by atoms with Crippen molar-refractivity contribution < 1.29 is 34.6 Å². The fraction of sp³-hybridized carbons (Fsp3) is 0.611. The zero-order chi connectivity index (χ0) is 34.4. The van der Waals surface area contributed by atoms with Gasteiger partial charge in [-0.15, -0.1) is 11.3 Å². The summed E-state index contributed by atoms with van der Waals surface area (Å²) in [6.07, 6.45) is -11.5. The molecule has 1 saturated heterocycles. The molecule has 2 aromatic heterocycles. The van der Waals surface area contributed by atoms with Crippen molar-refractivity contribution in [2.24, 2.45) is 0 Å². The highest BCUT2D eigenvalue weighted by Crippen LogP contribution is 2.29. The molecule has 0 unspecified atom stereocenters. The molecule has 142 valence electrons. The van der Waals surface area contributed by atoms with Gasteiger partial charge in [0.15, 0.2) is 7.16 Å². The summed E-state index contributed by atoms with van der Waals surface area (Å²) in [5.41, 5.74) is -2.72. The van der Waals surface area contributed by atoms with Crippen LogP contribution in [0.4, 0.5) is 0 Å². The standard InChI is InChI=1S/C18H26N4O3S/c1-12(2)22-17(25)13(15(23)14-18(22)26-11-20-14)16(24)19-7-6-10-21-8-4-3-5-9-21/h11-12,23H,3-10H2,1-2H3,(H,19,24)/i1D3,2D3,3D2,4D2,5D2,8D2,9D2,12D/hD. The predicted molar refractivity (Wildman–Crippen MR) is 103 cm³/mol. The van der Waals surface area contributed by atoms with E-state index in [4.69, 9.17) is 24.7 Å². The Balaban J connectivity index is 2.03. The Hall–Kier alpha value is -1.93. The largest absolute Gasteiger partial charge is 0.505 e. The van der Waals surface area contributed by atoms with Crippen LogP contribution >= 0.6 is 11.3 Å². The maximum Gasteiger partial charge on any atom is 0.268 e. The van der Waals surface area contributed by atoms with Gasteiger partial charge < -0.3 is 15.3 Å². The van der Waals surface area contributed by atoms with Crippen LogP contribution in [0.1, 0.15) is 78.9 Å². The first-order valence-electron chi connectivity index (χ1n) is 16.2. The Morgan fingerprint density at radius 1 is 1.54 bits per heavy atom. The fourth-order valence-corrected chi connectivity index (χ4v) is 3.03. The maximum atomic E-state index is 13.5. The highest BCUT2D eigenvalue weighted by molar-refractivity contribution is 7.16. The quantitative estimate of drug-likeness (QED) is 0.783. The van der Waals surface area contributed by atoms with E-state index in [1.165, 1.54) is 0 Å². The number of nitrogens with one attached hydrogen (secondary N) is 1. The number of rotatable bonds is 6. The van der Waals surface area contributed by atoms with Crippen molar-refractivity contribution in [3.63, 3.8) is 0 Å². The number of carbonyl (C=O) groups is 1. The number of pyridine rings is 1. The van der Waals surface area contributed by atoms with Crippen LogP contribution in [0, 0.1) is 0 Å². The number of thiazole rings is 1. The first-order valence-corrected chi connectivity index (χ1v) is 8.16. The van der Waals surface area contributed by atoms with Crippen LogP contribution in [0.3, 0.4) is 0 Å². The Morgan fingerprint density at radius 2 is 2.31 bits per heavy atom. The van der Waals surface area contributed by atoms with Crippen LogP contribution in [-0.2, 0) is 0 Å². The van der Waals surface area contributed by atoms with Gasteiger partial charge in [0, 0.05) is 34.5 Å². The molecule has 0 radical (unpaired) electrons. The van der Waals surface area contributed by atoms with E-state index in [0.717, 1.165) is 5.51 Å². The molecule has 1 aliphatic heterocycles. The Bertz CT molecular complexity index is 1470. The second-order valence-corrected chi connectivity index (χ2v) is 5.84. The molecule has 26 heavy (non-hydrogen) atoms. The number of nitrogens with zero attached hydrogens (tertiary/aromatic N) is 3. The number of hydrogen-bond donors (Lipinski definition) is 2. The van der Waals surface area contributed by atoms with Crippen molar-refractivity contribution in [2.45, 2.75) is 45.3 Å². The lowest BCUT2D eigenvalue weighted by atomic mass is 10.1. The van der Waals surface area contributed by atoms with Crippen molar-refractivity contribution in [2.75, 3.05) is 26.1 Å². The molecule has 8 heteroatoms. The summed E-state index contributed by atoms with van der Waals surface area (Å²) in [6, 6.07) is -3.69. The monoisotopic (exact) mass is 396 g/mol. The zero-order valence-corrected chi connectivity index (χ0v) is 14.0. The van der Waals surface area contributed by atoms with Crippen LogP contribution in [0.25, 0.3) is 10.3 Å². The maximum absolute atomic E-state index is 13.5. The van der Waals surface area contributed by atoms with Gasteiger partial charge in [0.1, 0.15) is 15.9 Å². The van der Waals surface area contributed by atoms with E-state index in [2.05, 4.69) is 4.98 Å². The minimum Gasteiger partial charge on any atom is -0.505 e. The lowest BCUT2D eigenvalue weighted by molar-refractivity contribution is 0.0946. The van der Waals surface area contributed by atoms with Gasteiger partial charge in [0.2, 0.25) is 0 Å².